The van der Waals surface area contributed by atoms with Crippen LogP contribution < -0.4 is 0 Å². The van der Waals surface area contributed by atoms with Crippen LogP contribution in [0.5, 0.6) is 0 Å². The molecule has 0 aromatic heterocycles. The fourth-order valence-corrected chi connectivity index (χ4v) is 7.52. The van der Waals surface area contributed by atoms with Gasteiger partial charge in [-0.2, -0.15) is 23.5 Å². The van der Waals surface area contributed by atoms with E-state index in [0.717, 1.165) is 29.9 Å². The van der Waals surface area contributed by atoms with Crippen molar-refractivity contribution in [3.05, 3.63) is 0 Å². The van der Waals surface area contributed by atoms with Crippen molar-refractivity contribution in [2.24, 2.45) is 5.92 Å². The predicted molar refractivity (Wildman–Crippen MR) is 140 cm³/mol. The second-order valence-electron chi connectivity index (χ2n) is 9.13. The molecule has 35 heavy (non-hydrogen) atoms. The SMILES string of the molecule is CCC(=O)OC(OP(=O)(CCCCC(CCSC)SC)CC(=O)N1CC(F)CC1C(=O)O)C(C)C. The molecule has 0 bridgehead atoms. The van der Waals surface area contributed by atoms with Gasteiger partial charge in [0.1, 0.15) is 18.4 Å². The number of carboxylic acids is 1. The summed E-state index contributed by atoms with van der Waals surface area (Å²) in [5.74, 6) is -1.76. The van der Waals surface area contributed by atoms with Gasteiger partial charge < -0.3 is 14.7 Å². The number of halogens is 1. The van der Waals surface area contributed by atoms with Crippen LogP contribution in [0.4, 0.5) is 4.39 Å². The number of amides is 1. The molecule has 0 aromatic carbocycles. The van der Waals surface area contributed by atoms with Crippen LogP contribution in [0.15, 0.2) is 0 Å². The number of hydrogen-bond donors (Lipinski definition) is 1. The Bertz CT molecular complexity index is 743. The Kier molecular flexibility index (Phi) is 14.9. The number of unbranched alkanes of at least 4 members (excludes halogenated alkanes) is 1. The Labute approximate surface area is 217 Å². The average Bonchev–Trinajstić information content (AvgIpc) is 3.20. The summed E-state index contributed by atoms with van der Waals surface area (Å²) in [7, 11) is -3.67. The lowest BCUT2D eigenvalue weighted by Crippen LogP contribution is -2.42. The van der Waals surface area contributed by atoms with Crippen molar-refractivity contribution in [2.45, 2.75) is 83.0 Å². The van der Waals surface area contributed by atoms with Crippen LogP contribution in [0.3, 0.4) is 0 Å². The van der Waals surface area contributed by atoms with Crippen molar-refractivity contribution in [1.82, 2.24) is 4.90 Å². The monoisotopic (exact) mass is 557 g/mol. The summed E-state index contributed by atoms with van der Waals surface area (Å²) in [4.78, 5) is 37.3. The number of thioether (sulfide) groups is 2. The van der Waals surface area contributed by atoms with Gasteiger partial charge in [-0.15, -0.1) is 0 Å². The molecule has 1 aliphatic rings. The summed E-state index contributed by atoms with van der Waals surface area (Å²) in [6.07, 6.45) is 4.32. The zero-order valence-electron chi connectivity index (χ0n) is 21.4. The van der Waals surface area contributed by atoms with Gasteiger partial charge in [-0.3, -0.25) is 18.7 Å². The van der Waals surface area contributed by atoms with Crippen molar-refractivity contribution < 1.29 is 37.7 Å². The summed E-state index contributed by atoms with van der Waals surface area (Å²) in [5, 5.41) is 9.87. The summed E-state index contributed by atoms with van der Waals surface area (Å²) < 4.78 is 39.0. The first kappa shape index (κ1) is 32.3. The van der Waals surface area contributed by atoms with E-state index in [-0.39, 0.29) is 31.5 Å². The summed E-state index contributed by atoms with van der Waals surface area (Å²) in [5.41, 5.74) is 0. The molecule has 5 atom stereocenters. The van der Waals surface area contributed by atoms with E-state index in [4.69, 9.17) is 9.26 Å². The number of carbonyl (C=O) groups excluding carboxylic acids is 2. The van der Waals surface area contributed by atoms with Gasteiger partial charge >= 0.3 is 11.9 Å². The molecule has 1 heterocycles. The molecule has 0 saturated carbocycles. The third-order valence-corrected chi connectivity index (χ3v) is 9.98. The Morgan fingerprint density at radius 2 is 1.89 bits per heavy atom. The third-order valence-electron chi connectivity index (χ3n) is 5.86. The maximum absolute atomic E-state index is 13.9. The molecule has 1 amide bonds. The zero-order chi connectivity index (χ0) is 26.6. The maximum atomic E-state index is 13.9. The number of ether oxygens (including phenoxy) is 1. The highest BCUT2D eigenvalue weighted by Crippen LogP contribution is 2.50. The van der Waals surface area contributed by atoms with E-state index in [1.165, 1.54) is 0 Å². The summed E-state index contributed by atoms with van der Waals surface area (Å²) >= 11 is 3.60. The Morgan fingerprint density at radius 1 is 1.20 bits per heavy atom. The van der Waals surface area contributed by atoms with E-state index in [1.54, 1.807) is 44.3 Å². The van der Waals surface area contributed by atoms with Crippen LogP contribution in [0.1, 0.15) is 59.3 Å². The third kappa shape index (κ3) is 11.4. The molecule has 8 nitrogen and oxygen atoms in total. The Morgan fingerprint density at radius 3 is 2.43 bits per heavy atom. The molecule has 1 saturated heterocycles. The predicted octanol–water partition coefficient (Wildman–Crippen LogP) is 4.90. The van der Waals surface area contributed by atoms with Gasteiger partial charge in [-0.1, -0.05) is 27.2 Å². The van der Waals surface area contributed by atoms with Crippen molar-refractivity contribution in [3.63, 3.8) is 0 Å². The number of nitrogens with zero attached hydrogens (tertiary/aromatic N) is 1. The largest absolute Gasteiger partial charge is 0.480 e. The van der Waals surface area contributed by atoms with Crippen molar-refractivity contribution in [2.75, 3.05) is 37.1 Å². The lowest BCUT2D eigenvalue weighted by Gasteiger charge is -2.29. The number of carbonyl (C=O) groups is 3. The van der Waals surface area contributed by atoms with E-state index in [1.807, 2.05) is 0 Å². The van der Waals surface area contributed by atoms with Gasteiger partial charge in [0.2, 0.25) is 19.6 Å². The number of rotatable bonds is 17. The fourth-order valence-electron chi connectivity index (χ4n) is 3.80. The van der Waals surface area contributed by atoms with Gasteiger partial charge in [0, 0.05) is 30.2 Å². The molecule has 1 fully saturated rings. The van der Waals surface area contributed by atoms with Crippen LogP contribution in [0.2, 0.25) is 0 Å². The van der Waals surface area contributed by atoms with Crippen molar-refractivity contribution in [3.8, 4) is 0 Å². The highest BCUT2D eigenvalue weighted by molar-refractivity contribution is 7.99. The first-order valence-corrected chi connectivity index (χ1v) is 16.8. The normalized spacial score (nSPS) is 21.5. The topological polar surface area (TPSA) is 110 Å². The second kappa shape index (κ2) is 16.2. The molecule has 0 radical (unpaired) electrons. The number of esters is 1. The molecule has 12 heteroatoms. The molecule has 1 N–H and O–H groups in total. The molecule has 0 aromatic rings. The highest BCUT2D eigenvalue weighted by Gasteiger charge is 2.42. The average molecular weight is 558 g/mol. The molecule has 1 aliphatic heterocycles. The molecular weight excluding hydrogens is 516 g/mol. The minimum atomic E-state index is -3.67. The first-order valence-electron chi connectivity index (χ1n) is 12.1. The van der Waals surface area contributed by atoms with E-state index < -0.39 is 49.9 Å². The molecular formula is C23H41FNO7PS2. The lowest BCUT2D eigenvalue weighted by atomic mass is 10.2. The van der Waals surface area contributed by atoms with Crippen LogP contribution in [0, 0.1) is 5.92 Å². The molecule has 1 rings (SSSR count). The Hall–Kier alpha value is -0.770. The van der Waals surface area contributed by atoms with Gasteiger partial charge in [0.05, 0.1) is 6.54 Å². The van der Waals surface area contributed by atoms with Crippen LogP contribution in [-0.4, -0.2) is 88.7 Å². The molecule has 204 valence electrons. The van der Waals surface area contributed by atoms with Crippen molar-refractivity contribution in [1.29, 1.82) is 0 Å². The standard InChI is InChI=1S/C23H41FNO7PS2/c1-6-21(27)31-23(16(2)3)32-33(30,11-8-7-9-18(35-5)10-12-34-4)15-20(26)25-14-17(24)13-19(25)22(28)29/h16-19,23H,6-15H2,1-5H3,(H,28,29). The highest BCUT2D eigenvalue weighted by atomic mass is 32.2. The molecule has 0 spiro atoms. The van der Waals surface area contributed by atoms with Gasteiger partial charge in [0.25, 0.3) is 0 Å². The molecule has 0 aliphatic carbocycles. The van der Waals surface area contributed by atoms with Crippen LogP contribution in [0.25, 0.3) is 0 Å². The smallest absolute Gasteiger partial charge is 0.326 e. The quantitative estimate of drug-likeness (QED) is 0.116. The van der Waals surface area contributed by atoms with Crippen molar-refractivity contribution >= 4 is 48.7 Å². The second-order valence-corrected chi connectivity index (χ2v) is 13.9. The Balaban J connectivity index is 2.96. The molecule has 5 unspecified atom stereocenters. The van der Waals surface area contributed by atoms with Gasteiger partial charge in [0.15, 0.2) is 0 Å². The number of aliphatic carboxylic acids is 1. The number of likely N-dealkylation sites (tertiary alicyclic amines) is 1. The first-order chi connectivity index (χ1) is 16.5. The number of carboxylic acid groups (broad SMARTS) is 1. The van der Waals surface area contributed by atoms with E-state index >= 15 is 0 Å². The summed E-state index contributed by atoms with van der Waals surface area (Å²) in [6.45, 7) is 4.79. The number of hydrogen-bond acceptors (Lipinski definition) is 8. The number of alkyl halides is 1. The van der Waals surface area contributed by atoms with Gasteiger partial charge in [-0.25, -0.2) is 9.18 Å². The lowest BCUT2D eigenvalue weighted by molar-refractivity contribution is -0.169. The van der Waals surface area contributed by atoms with Crippen LogP contribution >= 0.6 is 30.9 Å². The summed E-state index contributed by atoms with van der Waals surface area (Å²) in [6, 6.07) is -1.29. The maximum Gasteiger partial charge on any atom is 0.326 e. The zero-order valence-corrected chi connectivity index (χ0v) is 24.0. The van der Waals surface area contributed by atoms with E-state index in [2.05, 4.69) is 12.5 Å². The minimum absolute atomic E-state index is 0.0971. The van der Waals surface area contributed by atoms with E-state index in [0.29, 0.717) is 11.7 Å². The fraction of sp³-hybridized carbons (Fsp3) is 0.870. The minimum Gasteiger partial charge on any atom is -0.480 e. The van der Waals surface area contributed by atoms with Gasteiger partial charge in [-0.05, 0) is 37.5 Å². The van der Waals surface area contributed by atoms with Crippen LogP contribution in [-0.2, 0) is 28.2 Å². The van der Waals surface area contributed by atoms with E-state index in [9.17, 15) is 28.4 Å².